The van der Waals surface area contributed by atoms with Crippen LogP contribution in [0.3, 0.4) is 0 Å². The van der Waals surface area contributed by atoms with Crippen molar-refractivity contribution in [2.45, 2.75) is 6.42 Å². The van der Waals surface area contributed by atoms with Crippen molar-refractivity contribution in [2.24, 2.45) is 0 Å². The van der Waals surface area contributed by atoms with E-state index in [1.807, 2.05) is 6.07 Å². The summed E-state index contributed by atoms with van der Waals surface area (Å²) in [6.45, 7) is 7.64. The van der Waals surface area contributed by atoms with Gasteiger partial charge in [0.05, 0.1) is 12.7 Å². The largest absolute Gasteiger partial charge is 0.507 e. The summed E-state index contributed by atoms with van der Waals surface area (Å²) in [6.07, 6.45) is 6.92. The van der Waals surface area contributed by atoms with E-state index < -0.39 is 0 Å². The second-order valence-electron chi connectivity index (χ2n) is 5.51. The molecule has 2 aromatic carbocycles. The van der Waals surface area contributed by atoms with Crippen molar-refractivity contribution in [1.29, 1.82) is 0 Å². The lowest BCUT2D eigenvalue weighted by Gasteiger charge is -2.09. The molecule has 26 heavy (non-hydrogen) atoms. The molecule has 0 aliphatic heterocycles. The molecule has 1 N–H and O–H groups in total. The van der Waals surface area contributed by atoms with Crippen LogP contribution in [0.2, 0.25) is 0 Å². The standard InChI is InChI=1S/C22H22O4/c1-4-7-17-8-6-9-18(22(17)24)19(23)12-10-16-11-13-20(26-14-5-2)21(15-16)25-3/h4-6,8-13,15,24H,1-2,7,14H2,3H3/b12-10+. The molecule has 0 aliphatic rings. The van der Waals surface area contributed by atoms with Crippen LogP contribution in [-0.2, 0) is 6.42 Å². The molecule has 4 nitrogen and oxygen atoms in total. The molecule has 0 aliphatic carbocycles. The summed E-state index contributed by atoms with van der Waals surface area (Å²) in [5.41, 5.74) is 1.71. The van der Waals surface area contributed by atoms with Crippen LogP contribution in [-0.4, -0.2) is 24.6 Å². The topological polar surface area (TPSA) is 55.8 Å². The molecule has 2 aromatic rings. The molecule has 0 amide bonds. The molecule has 0 aromatic heterocycles. The summed E-state index contributed by atoms with van der Waals surface area (Å²) in [5.74, 6) is 0.884. The maximum Gasteiger partial charge on any atom is 0.189 e. The fraction of sp³-hybridized carbons (Fsp3) is 0.136. The zero-order valence-corrected chi connectivity index (χ0v) is 14.8. The number of ether oxygens (including phenoxy) is 2. The average molecular weight is 350 g/mol. The van der Waals surface area contributed by atoms with Crippen molar-refractivity contribution >= 4 is 11.9 Å². The highest BCUT2D eigenvalue weighted by Gasteiger charge is 2.11. The van der Waals surface area contributed by atoms with Crippen LogP contribution in [0.15, 0.2) is 67.8 Å². The second-order valence-corrected chi connectivity index (χ2v) is 5.51. The van der Waals surface area contributed by atoms with E-state index in [0.717, 1.165) is 5.56 Å². The van der Waals surface area contributed by atoms with Gasteiger partial charge in [0, 0.05) is 0 Å². The number of carbonyl (C=O) groups is 1. The first kappa shape index (κ1) is 19.1. The highest BCUT2D eigenvalue weighted by Crippen LogP contribution is 2.29. The monoisotopic (exact) mass is 350 g/mol. The Morgan fingerprint density at radius 3 is 2.65 bits per heavy atom. The number of benzene rings is 2. The molecular formula is C22H22O4. The van der Waals surface area contributed by atoms with Crippen LogP contribution in [0.1, 0.15) is 21.5 Å². The fourth-order valence-corrected chi connectivity index (χ4v) is 2.43. The second kappa shape index (κ2) is 9.28. The van der Waals surface area contributed by atoms with Crippen LogP contribution < -0.4 is 9.47 Å². The normalized spacial score (nSPS) is 10.5. The Bertz CT molecular complexity index is 834. The average Bonchev–Trinajstić information content (AvgIpc) is 2.66. The van der Waals surface area contributed by atoms with Gasteiger partial charge in [0.2, 0.25) is 0 Å². The van der Waals surface area contributed by atoms with E-state index in [1.54, 1.807) is 55.7 Å². The minimum atomic E-state index is -0.278. The Morgan fingerprint density at radius 2 is 1.96 bits per heavy atom. The van der Waals surface area contributed by atoms with Crippen LogP contribution in [0.5, 0.6) is 17.2 Å². The first-order valence-corrected chi connectivity index (χ1v) is 8.16. The van der Waals surface area contributed by atoms with Gasteiger partial charge >= 0.3 is 0 Å². The van der Waals surface area contributed by atoms with Crippen LogP contribution in [0, 0.1) is 0 Å². The van der Waals surface area contributed by atoms with E-state index in [2.05, 4.69) is 13.2 Å². The minimum absolute atomic E-state index is 0.00666. The number of rotatable bonds is 9. The van der Waals surface area contributed by atoms with Crippen molar-refractivity contribution in [1.82, 2.24) is 0 Å². The summed E-state index contributed by atoms with van der Waals surface area (Å²) in [6, 6.07) is 10.5. The van der Waals surface area contributed by atoms with Crippen molar-refractivity contribution < 1.29 is 19.4 Å². The third-order valence-corrected chi connectivity index (χ3v) is 3.72. The first-order valence-electron chi connectivity index (χ1n) is 8.16. The van der Waals surface area contributed by atoms with Crippen LogP contribution >= 0.6 is 0 Å². The summed E-state index contributed by atoms with van der Waals surface area (Å²) < 4.78 is 10.8. The zero-order valence-electron chi connectivity index (χ0n) is 14.8. The lowest BCUT2D eigenvalue weighted by atomic mass is 10.0. The molecule has 0 saturated carbocycles. The predicted octanol–water partition coefficient (Wildman–Crippen LogP) is 4.59. The molecule has 0 fully saturated rings. The maximum atomic E-state index is 12.4. The van der Waals surface area contributed by atoms with Gasteiger partial charge < -0.3 is 14.6 Å². The molecule has 0 unspecified atom stereocenters. The number of phenolic OH excluding ortho intramolecular Hbond substituents is 1. The number of aromatic hydroxyl groups is 1. The first-order chi connectivity index (χ1) is 12.6. The molecule has 4 heteroatoms. The lowest BCUT2D eigenvalue weighted by Crippen LogP contribution is -1.98. The third kappa shape index (κ3) is 4.63. The van der Waals surface area contributed by atoms with Crippen LogP contribution in [0.4, 0.5) is 0 Å². The van der Waals surface area contributed by atoms with Gasteiger partial charge in [-0.3, -0.25) is 4.79 Å². The number of phenols is 1. The van der Waals surface area contributed by atoms with Gasteiger partial charge in [0.15, 0.2) is 17.3 Å². The summed E-state index contributed by atoms with van der Waals surface area (Å²) in [4.78, 5) is 12.4. The molecular weight excluding hydrogens is 328 g/mol. The Kier molecular flexibility index (Phi) is 6.80. The van der Waals surface area contributed by atoms with E-state index >= 15 is 0 Å². The summed E-state index contributed by atoms with van der Waals surface area (Å²) >= 11 is 0. The van der Waals surface area contributed by atoms with Gasteiger partial charge in [-0.25, -0.2) is 0 Å². The molecule has 134 valence electrons. The Labute approximate surface area is 153 Å². The van der Waals surface area contributed by atoms with Crippen molar-refractivity contribution in [3.63, 3.8) is 0 Å². The lowest BCUT2D eigenvalue weighted by molar-refractivity contribution is 0.104. The van der Waals surface area contributed by atoms with E-state index in [9.17, 15) is 9.90 Å². The molecule has 0 saturated heterocycles. The van der Waals surface area contributed by atoms with Gasteiger partial charge in [-0.15, -0.1) is 6.58 Å². The number of ketones is 1. The number of hydrogen-bond acceptors (Lipinski definition) is 4. The fourth-order valence-electron chi connectivity index (χ4n) is 2.43. The van der Waals surface area contributed by atoms with Gasteiger partial charge in [0.1, 0.15) is 12.4 Å². The Balaban J connectivity index is 2.21. The van der Waals surface area contributed by atoms with Crippen molar-refractivity contribution in [2.75, 3.05) is 13.7 Å². The number of allylic oxidation sites excluding steroid dienone is 2. The summed E-state index contributed by atoms with van der Waals surface area (Å²) in [5, 5.41) is 10.2. The molecule has 0 heterocycles. The molecule has 2 rings (SSSR count). The highest BCUT2D eigenvalue weighted by molar-refractivity contribution is 6.08. The number of methoxy groups -OCH3 is 1. The van der Waals surface area contributed by atoms with E-state index in [4.69, 9.17) is 9.47 Å². The van der Waals surface area contributed by atoms with Crippen LogP contribution in [0.25, 0.3) is 6.08 Å². The van der Waals surface area contributed by atoms with E-state index in [-0.39, 0.29) is 17.1 Å². The predicted molar refractivity (Wildman–Crippen MR) is 104 cm³/mol. The molecule has 0 atom stereocenters. The van der Waals surface area contributed by atoms with Gasteiger partial charge in [-0.05, 0) is 41.8 Å². The molecule has 0 spiro atoms. The molecule has 0 radical (unpaired) electrons. The maximum absolute atomic E-state index is 12.4. The Hall–Kier alpha value is -3.27. The smallest absolute Gasteiger partial charge is 0.189 e. The van der Waals surface area contributed by atoms with Gasteiger partial charge in [-0.1, -0.05) is 43.0 Å². The number of para-hydroxylation sites is 1. The SMILES string of the molecule is C=CCOc1ccc(/C=C/C(=O)c2cccc(CC=C)c2O)cc1OC. The van der Waals surface area contributed by atoms with Crippen molar-refractivity contribution in [3.8, 4) is 17.2 Å². The minimum Gasteiger partial charge on any atom is -0.507 e. The zero-order chi connectivity index (χ0) is 18.9. The van der Waals surface area contributed by atoms with Crippen molar-refractivity contribution in [3.05, 3.63) is 84.5 Å². The summed E-state index contributed by atoms with van der Waals surface area (Å²) in [7, 11) is 1.55. The number of hydrogen-bond donors (Lipinski definition) is 1. The van der Waals surface area contributed by atoms with Gasteiger partial charge in [-0.2, -0.15) is 0 Å². The quantitative estimate of drug-likeness (QED) is 0.408. The molecule has 0 bridgehead atoms. The van der Waals surface area contributed by atoms with E-state index in [0.29, 0.717) is 30.1 Å². The number of carbonyl (C=O) groups excluding carboxylic acids is 1. The van der Waals surface area contributed by atoms with E-state index in [1.165, 1.54) is 6.08 Å². The third-order valence-electron chi connectivity index (χ3n) is 3.72. The highest BCUT2D eigenvalue weighted by atomic mass is 16.5. The van der Waals surface area contributed by atoms with Gasteiger partial charge in [0.25, 0.3) is 0 Å². The Morgan fingerprint density at radius 1 is 1.15 bits per heavy atom.